The first kappa shape index (κ1) is 32.7. The SMILES string of the molecule is CCOc1ccc(Cl)c(-n2c(CC(C)C)c(C(=O)N3CCC[C@@H](C)C3)cc(-c3nc(-c4ccc(C(F)(F)F)nc4)cs3)c2=O)c1. The molecule has 7 nitrogen and oxygen atoms in total. The first-order valence-corrected chi connectivity index (χ1v) is 16.1. The Kier molecular flexibility index (Phi) is 9.69. The number of rotatable bonds is 8. The van der Waals surface area contributed by atoms with Gasteiger partial charge >= 0.3 is 6.18 Å². The summed E-state index contributed by atoms with van der Waals surface area (Å²) in [6.45, 7) is 9.64. The summed E-state index contributed by atoms with van der Waals surface area (Å²) >= 11 is 7.89. The summed E-state index contributed by atoms with van der Waals surface area (Å²) in [6.07, 6.45) is -1.11. The van der Waals surface area contributed by atoms with E-state index in [-0.39, 0.29) is 17.4 Å². The molecule has 0 saturated carbocycles. The van der Waals surface area contributed by atoms with Gasteiger partial charge in [0.2, 0.25) is 0 Å². The number of aromatic nitrogens is 3. The second-order valence-electron chi connectivity index (χ2n) is 11.7. The maximum atomic E-state index is 14.5. The van der Waals surface area contributed by atoms with Crippen molar-refractivity contribution in [2.24, 2.45) is 11.8 Å². The highest BCUT2D eigenvalue weighted by molar-refractivity contribution is 7.13. The lowest BCUT2D eigenvalue weighted by atomic mass is 9.96. The van der Waals surface area contributed by atoms with E-state index in [1.165, 1.54) is 10.6 Å². The van der Waals surface area contributed by atoms with Crippen LogP contribution in [0.3, 0.4) is 0 Å². The quantitative estimate of drug-likeness (QED) is 0.191. The maximum absolute atomic E-state index is 14.5. The van der Waals surface area contributed by atoms with Gasteiger partial charge in [0.15, 0.2) is 0 Å². The molecule has 0 bridgehead atoms. The van der Waals surface area contributed by atoms with E-state index in [0.717, 1.165) is 36.4 Å². The van der Waals surface area contributed by atoms with Crippen LogP contribution in [0.1, 0.15) is 62.3 Å². The fourth-order valence-electron chi connectivity index (χ4n) is 5.54. The lowest BCUT2D eigenvalue weighted by Crippen LogP contribution is -2.40. The van der Waals surface area contributed by atoms with Gasteiger partial charge in [0.05, 0.1) is 34.1 Å². The Labute approximate surface area is 268 Å². The van der Waals surface area contributed by atoms with Crippen LogP contribution < -0.4 is 10.3 Å². The monoisotopic (exact) mass is 658 g/mol. The summed E-state index contributed by atoms with van der Waals surface area (Å²) < 4.78 is 46.5. The zero-order valence-electron chi connectivity index (χ0n) is 25.4. The molecule has 5 rings (SSSR count). The number of carbonyl (C=O) groups is 1. The van der Waals surface area contributed by atoms with Crippen molar-refractivity contribution in [2.75, 3.05) is 19.7 Å². The van der Waals surface area contributed by atoms with Crippen molar-refractivity contribution < 1.29 is 22.7 Å². The minimum atomic E-state index is -4.57. The largest absolute Gasteiger partial charge is 0.494 e. The second-order valence-corrected chi connectivity index (χ2v) is 12.9. The van der Waals surface area contributed by atoms with Crippen molar-refractivity contribution >= 4 is 28.8 Å². The first-order valence-electron chi connectivity index (χ1n) is 14.9. The van der Waals surface area contributed by atoms with E-state index in [4.69, 9.17) is 16.3 Å². The van der Waals surface area contributed by atoms with Crippen LogP contribution >= 0.6 is 22.9 Å². The molecule has 45 heavy (non-hydrogen) atoms. The van der Waals surface area contributed by atoms with E-state index in [0.29, 0.717) is 76.0 Å². The molecule has 0 radical (unpaired) electrons. The summed E-state index contributed by atoms with van der Waals surface area (Å²) in [5.74, 6) is 0.792. The minimum Gasteiger partial charge on any atom is -0.494 e. The Morgan fingerprint density at radius 2 is 1.98 bits per heavy atom. The lowest BCUT2D eigenvalue weighted by molar-refractivity contribution is -0.141. The first-order chi connectivity index (χ1) is 21.4. The van der Waals surface area contributed by atoms with Crippen molar-refractivity contribution in [2.45, 2.75) is 53.1 Å². The molecular weight excluding hydrogens is 625 g/mol. The van der Waals surface area contributed by atoms with Gasteiger partial charge in [-0.3, -0.25) is 19.1 Å². The number of amides is 1. The predicted molar refractivity (Wildman–Crippen MR) is 170 cm³/mol. The third-order valence-electron chi connectivity index (χ3n) is 7.63. The van der Waals surface area contributed by atoms with E-state index in [1.807, 2.05) is 25.7 Å². The number of hydrogen-bond donors (Lipinski definition) is 0. The van der Waals surface area contributed by atoms with Crippen LogP contribution in [-0.4, -0.2) is 45.0 Å². The fourth-order valence-corrected chi connectivity index (χ4v) is 6.58. The van der Waals surface area contributed by atoms with Gasteiger partial charge in [0.25, 0.3) is 11.5 Å². The number of pyridine rings is 2. The van der Waals surface area contributed by atoms with Gasteiger partial charge in [0.1, 0.15) is 16.5 Å². The summed E-state index contributed by atoms with van der Waals surface area (Å²) in [5, 5.41) is 2.28. The number of ether oxygens (including phenoxy) is 1. The normalized spacial score (nSPS) is 15.5. The third kappa shape index (κ3) is 7.09. The van der Waals surface area contributed by atoms with Gasteiger partial charge in [-0.15, -0.1) is 11.3 Å². The molecule has 12 heteroatoms. The fraction of sp³-hybridized carbons (Fsp3) is 0.394. The molecule has 1 amide bonds. The van der Waals surface area contributed by atoms with Crippen LogP contribution in [0.4, 0.5) is 13.2 Å². The summed E-state index contributed by atoms with van der Waals surface area (Å²) in [4.78, 5) is 38.7. The van der Waals surface area contributed by atoms with Gasteiger partial charge in [-0.05, 0) is 68.4 Å². The number of likely N-dealkylation sites (tertiary alicyclic amines) is 1. The van der Waals surface area contributed by atoms with E-state index < -0.39 is 17.4 Å². The summed E-state index contributed by atoms with van der Waals surface area (Å²) in [6, 6.07) is 8.88. The molecule has 1 fully saturated rings. The van der Waals surface area contributed by atoms with E-state index in [9.17, 15) is 22.8 Å². The number of benzene rings is 1. The van der Waals surface area contributed by atoms with E-state index >= 15 is 0 Å². The molecule has 3 aromatic heterocycles. The van der Waals surface area contributed by atoms with Gasteiger partial charge < -0.3 is 9.64 Å². The van der Waals surface area contributed by atoms with Gasteiger partial charge in [-0.2, -0.15) is 13.2 Å². The molecule has 1 saturated heterocycles. The third-order valence-corrected chi connectivity index (χ3v) is 8.83. The van der Waals surface area contributed by atoms with Gasteiger partial charge in [-0.1, -0.05) is 32.4 Å². The number of carbonyl (C=O) groups excluding carboxylic acids is 1. The molecule has 4 heterocycles. The maximum Gasteiger partial charge on any atom is 0.433 e. The Morgan fingerprint density at radius 3 is 2.62 bits per heavy atom. The number of nitrogens with zero attached hydrogens (tertiary/aromatic N) is 4. The number of piperidine rings is 1. The molecular formula is C33H34ClF3N4O3S. The Bertz CT molecular complexity index is 1750. The van der Waals surface area contributed by atoms with Gasteiger partial charge in [-0.25, -0.2) is 4.98 Å². The number of alkyl halides is 3. The van der Waals surface area contributed by atoms with Crippen LogP contribution in [-0.2, 0) is 12.6 Å². The van der Waals surface area contributed by atoms with Crippen molar-refractivity contribution in [1.29, 1.82) is 0 Å². The number of halogens is 4. The molecule has 0 unspecified atom stereocenters. The zero-order chi connectivity index (χ0) is 32.5. The highest BCUT2D eigenvalue weighted by atomic mass is 35.5. The average Bonchev–Trinajstić information content (AvgIpc) is 3.48. The van der Waals surface area contributed by atoms with Gasteiger partial charge in [0, 0.05) is 42.0 Å². The highest BCUT2D eigenvalue weighted by Crippen LogP contribution is 2.34. The van der Waals surface area contributed by atoms with E-state index in [2.05, 4.69) is 16.9 Å². The van der Waals surface area contributed by atoms with Crippen molar-refractivity contribution in [3.63, 3.8) is 0 Å². The Morgan fingerprint density at radius 1 is 1.20 bits per heavy atom. The minimum absolute atomic E-state index is 0.0980. The average molecular weight is 659 g/mol. The molecule has 0 aliphatic carbocycles. The molecule has 1 aliphatic heterocycles. The standard InChI is InChI=1S/C33H34ClF3N4O3S/c1-5-44-22-9-10-25(34)28(14-22)41-27(13-19(2)3)23(31(42)40-12-6-7-20(4)17-40)15-24(32(41)43)30-39-26(18-45-30)21-8-11-29(38-16-21)33(35,36)37/h8-11,14-16,18-20H,5-7,12-13,17H2,1-4H3/t20-/m1/s1. The van der Waals surface area contributed by atoms with Crippen LogP contribution in [0, 0.1) is 11.8 Å². The van der Waals surface area contributed by atoms with E-state index in [1.54, 1.807) is 29.6 Å². The molecule has 4 aromatic rings. The Balaban J connectivity index is 1.72. The molecule has 1 aliphatic rings. The highest BCUT2D eigenvalue weighted by Gasteiger charge is 2.32. The van der Waals surface area contributed by atoms with Crippen molar-refractivity contribution in [3.8, 4) is 33.3 Å². The second kappa shape index (κ2) is 13.3. The molecule has 238 valence electrons. The molecule has 0 N–H and O–H groups in total. The van der Waals surface area contributed by atoms with Crippen molar-refractivity contribution in [1.82, 2.24) is 19.4 Å². The lowest BCUT2D eigenvalue weighted by Gasteiger charge is -2.32. The van der Waals surface area contributed by atoms with Crippen LogP contribution in [0.15, 0.2) is 52.8 Å². The zero-order valence-corrected chi connectivity index (χ0v) is 27.0. The van der Waals surface area contributed by atoms with Crippen LogP contribution in [0.25, 0.3) is 27.5 Å². The smallest absolute Gasteiger partial charge is 0.433 e. The molecule has 0 spiro atoms. The van der Waals surface area contributed by atoms with Crippen LogP contribution in [0.2, 0.25) is 5.02 Å². The van der Waals surface area contributed by atoms with Crippen LogP contribution in [0.5, 0.6) is 5.75 Å². The number of thiazole rings is 1. The Hall–Kier alpha value is -3.70. The summed E-state index contributed by atoms with van der Waals surface area (Å²) in [7, 11) is 0. The van der Waals surface area contributed by atoms with Crippen molar-refractivity contribution in [3.05, 3.63) is 80.3 Å². The topological polar surface area (TPSA) is 77.3 Å². The summed E-state index contributed by atoms with van der Waals surface area (Å²) in [5.41, 5.74) is 0.804. The predicted octanol–water partition coefficient (Wildman–Crippen LogP) is 8.16. The molecule has 1 aromatic carbocycles. The number of hydrogen-bond acceptors (Lipinski definition) is 6. The molecule has 1 atom stereocenters.